The Morgan fingerprint density at radius 2 is 1.70 bits per heavy atom. The van der Waals surface area contributed by atoms with E-state index in [1.807, 2.05) is 12.1 Å². The van der Waals surface area contributed by atoms with Crippen LogP contribution in [0.3, 0.4) is 0 Å². The van der Waals surface area contributed by atoms with Gasteiger partial charge in [-0.25, -0.2) is 9.18 Å². The van der Waals surface area contributed by atoms with Crippen LogP contribution in [-0.4, -0.2) is 65.6 Å². The van der Waals surface area contributed by atoms with Crippen LogP contribution in [0.5, 0.6) is 11.5 Å². The molecule has 1 amide bonds. The van der Waals surface area contributed by atoms with Gasteiger partial charge in [-0.2, -0.15) is 0 Å². The first kappa shape index (κ1) is 43.3. The number of allylic oxidation sites excluding steroid dienone is 4. The number of ketones is 1. The second-order valence-electron chi connectivity index (χ2n) is 20.4. The molecule has 2 bridgehead atoms. The molecule has 11 atom stereocenters. The average molecular weight is 847 g/mol. The summed E-state index contributed by atoms with van der Waals surface area (Å²) in [5.74, 6) is 1.47. The smallest absolute Gasteiger partial charge is 0.410 e. The minimum absolute atomic E-state index is 0.0400. The summed E-state index contributed by atoms with van der Waals surface area (Å²) in [4.78, 5) is 31.4. The Morgan fingerprint density at radius 1 is 0.967 bits per heavy atom. The van der Waals surface area contributed by atoms with E-state index in [0.29, 0.717) is 61.0 Å². The minimum atomic E-state index is -1.33. The Bertz CT molecular complexity index is 2050. The Hall–Kier alpha value is -3.40. The number of halogens is 2. The molecule has 0 radical (unpaired) electrons. The van der Waals surface area contributed by atoms with Crippen LogP contribution in [0.1, 0.15) is 110 Å². The number of benzene rings is 2. The molecule has 10 heteroatoms. The highest BCUT2D eigenvalue weighted by Gasteiger charge is 2.74. The number of ether oxygens (including phenoxy) is 3. The molecule has 11 unspecified atom stereocenters. The highest BCUT2D eigenvalue weighted by atomic mass is 35.5. The fourth-order valence-corrected chi connectivity index (χ4v) is 14.0. The topological polar surface area (TPSA) is 106 Å². The van der Waals surface area contributed by atoms with E-state index in [1.165, 1.54) is 6.07 Å². The average Bonchev–Trinajstić information content (AvgIpc) is 3.48. The lowest BCUT2D eigenvalue weighted by Crippen LogP contribution is -2.67. The van der Waals surface area contributed by atoms with Gasteiger partial charge in [0.05, 0.1) is 39.0 Å². The van der Waals surface area contributed by atoms with Crippen LogP contribution in [0.25, 0.3) is 0 Å². The van der Waals surface area contributed by atoms with Gasteiger partial charge in [-0.15, -0.1) is 0 Å². The molecule has 7 aliphatic rings. The molecule has 0 aromatic heterocycles. The van der Waals surface area contributed by atoms with E-state index in [2.05, 4.69) is 52.8 Å². The Balaban J connectivity index is 1.18. The Labute approximate surface area is 360 Å². The summed E-state index contributed by atoms with van der Waals surface area (Å²) in [6.07, 6.45) is 12.8. The van der Waals surface area contributed by atoms with E-state index in [-0.39, 0.29) is 65.2 Å². The van der Waals surface area contributed by atoms with Crippen LogP contribution >= 0.6 is 11.6 Å². The second-order valence-corrected chi connectivity index (χ2v) is 20.8. The molecular formula is C50H65ClFNO7. The molecule has 60 heavy (non-hydrogen) atoms. The molecule has 2 N–H and O–H groups in total. The molecule has 2 aromatic carbocycles. The van der Waals surface area contributed by atoms with Crippen molar-refractivity contribution in [2.24, 2.45) is 51.2 Å². The molecule has 2 spiro atoms. The summed E-state index contributed by atoms with van der Waals surface area (Å²) in [7, 11) is 3.20. The van der Waals surface area contributed by atoms with E-state index in [0.717, 1.165) is 37.7 Å². The van der Waals surface area contributed by atoms with Gasteiger partial charge in [0.15, 0.2) is 5.78 Å². The first-order chi connectivity index (χ1) is 28.4. The van der Waals surface area contributed by atoms with Crippen molar-refractivity contribution in [2.45, 2.75) is 130 Å². The molecule has 0 aliphatic heterocycles. The number of aliphatic hydroxyl groups excluding tert-OH is 1. The number of nitrogens with zero attached hydrogens (tertiary/aromatic N) is 1. The first-order valence-electron chi connectivity index (χ1n) is 22.4. The SMILES string of the molecule is COc1ccc(CN(CC2(O)CCC3C45C=CC6(C=C4C(=O)Cc4c(F)cccc4Cl)CC(O)CCC6(C)C5CCC32C)C(=O)OC2CC(C)CCC2C(C)C)c(OC)c1. The van der Waals surface area contributed by atoms with Crippen molar-refractivity contribution in [3.8, 4) is 11.5 Å². The van der Waals surface area contributed by atoms with Crippen molar-refractivity contribution in [1.29, 1.82) is 0 Å². The lowest BCUT2D eigenvalue weighted by Gasteiger charge is -2.71. The van der Waals surface area contributed by atoms with Gasteiger partial charge >= 0.3 is 6.09 Å². The molecule has 7 aliphatic carbocycles. The zero-order valence-electron chi connectivity index (χ0n) is 36.6. The predicted molar refractivity (Wildman–Crippen MR) is 230 cm³/mol. The van der Waals surface area contributed by atoms with Crippen LogP contribution in [-0.2, 0) is 22.5 Å². The van der Waals surface area contributed by atoms with Gasteiger partial charge in [0.25, 0.3) is 0 Å². The fraction of sp³-hybridized carbons (Fsp3) is 0.640. The van der Waals surface area contributed by atoms with Crippen molar-refractivity contribution in [2.75, 3.05) is 20.8 Å². The van der Waals surface area contributed by atoms with Crippen LogP contribution in [0.4, 0.5) is 9.18 Å². The number of methoxy groups -OCH3 is 2. The maximum atomic E-state index is 15.3. The van der Waals surface area contributed by atoms with Gasteiger partial charge in [-0.1, -0.05) is 76.9 Å². The van der Waals surface area contributed by atoms with Gasteiger partial charge in [0.1, 0.15) is 23.4 Å². The summed E-state index contributed by atoms with van der Waals surface area (Å²) >= 11 is 6.54. The fourth-order valence-electron chi connectivity index (χ4n) is 13.8. The zero-order chi connectivity index (χ0) is 43.0. The van der Waals surface area contributed by atoms with Crippen molar-refractivity contribution in [3.63, 3.8) is 0 Å². The molecule has 0 saturated heterocycles. The summed E-state index contributed by atoms with van der Waals surface area (Å²) in [5.41, 5.74) is -1.92. The zero-order valence-corrected chi connectivity index (χ0v) is 37.3. The largest absolute Gasteiger partial charge is 0.497 e. The predicted octanol–water partition coefficient (Wildman–Crippen LogP) is 10.3. The molecular weight excluding hydrogens is 781 g/mol. The molecule has 4 fully saturated rings. The maximum Gasteiger partial charge on any atom is 0.410 e. The lowest BCUT2D eigenvalue weighted by atomic mass is 9.32. The molecule has 8 nitrogen and oxygen atoms in total. The van der Waals surface area contributed by atoms with E-state index in [9.17, 15) is 19.8 Å². The molecule has 9 rings (SSSR count). The quantitative estimate of drug-likeness (QED) is 0.217. The Kier molecular flexibility index (Phi) is 11.4. The summed E-state index contributed by atoms with van der Waals surface area (Å²) in [5, 5.41) is 24.7. The highest BCUT2D eigenvalue weighted by molar-refractivity contribution is 6.31. The molecule has 2 aromatic rings. The first-order valence-corrected chi connectivity index (χ1v) is 22.8. The van der Waals surface area contributed by atoms with Crippen molar-refractivity contribution in [3.05, 3.63) is 82.2 Å². The molecule has 0 heterocycles. The number of fused-ring (bicyclic) bond motifs is 1. The van der Waals surface area contributed by atoms with E-state index in [4.69, 9.17) is 25.8 Å². The monoisotopic (exact) mass is 845 g/mol. The standard InChI is InChI=1S/C50H65ClFNO7/c1-30(2)35-14-11-31(3)23-42(35)60-45(56)53(28-32-12-13-34(58-6)24-41(32)59-7)29-49(57)20-17-44-47(49,5)19-16-43-46(4)18-15-33(54)26-48(46)21-22-50(43,44)37(27-48)40(55)25-36-38(51)9-8-10-39(36)52/h8-10,12-13,21-22,24,27,30-31,33,35,42-44,54,57H,11,14-20,23,25-26,28-29H2,1-7H3. The number of carbonyl (C=O) groups excluding carboxylic acids is 2. The minimum Gasteiger partial charge on any atom is -0.497 e. The van der Waals surface area contributed by atoms with Gasteiger partial charge in [0.2, 0.25) is 0 Å². The van der Waals surface area contributed by atoms with Crippen molar-refractivity contribution < 1.29 is 38.4 Å². The number of aliphatic hydroxyl groups is 2. The van der Waals surface area contributed by atoms with Crippen LogP contribution < -0.4 is 9.47 Å². The van der Waals surface area contributed by atoms with E-state index < -0.39 is 39.9 Å². The van der Waals surface area contributed by atoms with Crippen LogP contribution in [0.2, 0.25) is 5.02 Å². The van der Waals surface area contributed by atoms with Crippen LogP contribution in [0.15, 0.2) is 60.2 Å². The summed E-state index contributed by atoms with van der Waals surface area (Å²) in [6.45, 7) is 11.3. The second kappa shape index (κ2) is 15.7. The number of amides is 1. The van der Waals surface area contributed by atoms with Crippen LogP contribution in [0, 0.1) is 57.1 Å². The van der Waals surface area contributed by atoms with E-state index in [1.54, 1.807) is 37.3 Å². The van der Waals surface area contributed by atoms with Crippen molar-refractivity contribution in [1.82, 2.24) is 4.90 Å². The van der Waals surface area contributed by atoms with E-state index >= 15 is 4.39 Å². The highest BCUT2D eigenvalue weighted by Crippen LogP contribution is 2.78. The molecule has 326 valence electrons. The Morgan fingerprint density at radius 3 is 2.42 bits per heavy atom. The van der Waals surface area contributed by atoms with Crippen molar-refractivity contribution >= 4 is 23.5 Å². The molecule has 4 saturated carbocycles. The summed E-state index contributed by atoms with van der Waals surface area (Å²) < 4.78 is 33.2. The third-order valence-electron chi connectivity index (χ3n) is 17.2. The number of rotatable bonds is 11. The number of carbonyl (C=O) groups is 2. The number of hydrogen-bond acceptors (Lipinski definition) is 7. The summed E-state index contributed by atoms with van der Waals surface area (Å²) in [6, 6.07) is 10.1. The third kappa shape index (κ3) is 6.74. The maximum absolute atomic E-state index is 15.3. The van der Waals surface area contributed by atoms with Gasteiger partial charge in [-0.3, -0.25) is 4.79 Å². The third-order valence-corrected chi connectivity index (χ3v) is 17.5. The van der Waals surface area contributed by atoms with Gasteiger partial charge in [-0.05, 0) is 117 Å². The number of hydrogen-bond donors (Lipinski definition) is 2. The van der Waals surface area contributed by atoms with Gasteiger partial charge < -0.3 is 29.3 Å². The van der Waals surface area contributed by atoms with Gasteiger partial charge in [0, 0.05) is 50.5 Å². The lowest BCUT2D eigenvalue weighted by molar-refractivity contribution is -0.178. The normalized spacial score (nSPS) is 37.8. The number of Topliss-reactive ketones (excluding diaryl/α,β-unsaturated/α-hetero) is 1.